The SMILES string of the molecule is Cc1c(C(=O)N2CCOc3ccc(-c4cnc(N)s4)cc3C2)ccc(S(C)(=O)=O)c1F. The Labute approximate surface area is 183 Å². The molecule has 0 saturated carbocycles. The van der Waals surface area contributed by atoms with E-state index in [9.17, 15) is 17.6 Å². The minimum absolute atomic E-state index is 0.00667. The van der Waals surface area contributed by atoms with Crippen molar-refractivity contribution in [1.82, 2.24) is 9.88 Å². The van der Waals surface area contributed by atoms with E-state index in [1.807, 2.05) is 18.2 Å². The van der Waals surface area contributed by atoms with Crippen molar-refractivity contribution in [2.24, 2.45) is 0 Å². The Morgan fingerprint density at radius 1 is 1.29 bits per heavy atom. The first kappa shape index (κ1) is 21.3. The van der Waals surface area contributed by atoms with Crippen molar-refractivity contribution in [2.45, 2.75) is 18.4 Å². The minimum Gasteiger partial charge on any atom is -0.491 e. The highest BCUT2D eigenvalue weighted by molar-refractivity contribution is 7.90. The normalized spacial score (nSPS) is 14.0. The maximum absolute atomic E-state index is 14.7. The Hall–Kier alpha value is -2.98. The fourth-order valence-corrected chi connectivity index (χ4v) is 4.97. The summed E-state index contributed by atoms with van der Waals surface area (Å²) in [6.07, 6.45) is 2.63. The molecular weight excluding hydrogens is 441 g/mol. The van der Waals surface area contributed by atoms with Crippen molar-refractivity contribution in [2.75, 3.05) is 25.1 Å². The highest BCUT2D eigenvalue weighted by atomic mass is 32.2. The number of nitrogens with zero attached hydrogens (tertiary/aromatic N) is 2. The molecule has 3 aromatic rings. The van der Waals surface area contributed by atoms with Crippen molar-refractivity contribution in [3.63, 3.8) is 0 Å². The molecule has 0 bridgehead atoms. The zero-order valence-electron chi connectivity index (χ0n) is 16.9. The highest BCUT2D eigenvalue weighted by Gasteiger charge is 2.26. The summed E-state index contributed by atoms with van der Waals surface area (Å²) in [4.78, 5) is 19.3. The van der Waals surface area contributed by atoms with Crippen LogP contribution in [0, 0.1) is 12.7 Å². The second-order valence-corrected chi connectivity index (χ2v) is 10.3. The number of halogens is 1. The van der Waals surface area contributed by atoms with Crippen LogP contribution in [0.2, 0.25) is 0 Å². The van der Waals surface area contributed by atoms with Crippen molar-refractivity contribution in [3.8, 4) is 16.2 Å². The number of benzene rings is 2. The maximum Gasteiger partial charge on any atom is 0.254 e. The van der Waals surface area contributed by atoms with Gasteiger partial charge in [0.05, 0.1) is 11.4 Å². The van der Waals surface area contributed by atoms with Crippen molar-refractivity contribution in [3.05, 3.63) is 59.0 Å². The van der Waals surface area contributed by atoms with Gasteiger partial charge in [0.15, 0.2) is 15.0 Å². The molecule has 0 aliphatic carbocycles. The molecule has 1 aliphatic rings. The lowest BCUT2D eigenvalue weighted by Gasteiger charge is -2.21. The van der Waals surface area contributed by atoms with E-state index in [4.69, 9.17) is 10.5 Å². The molecule has 0 radical (unpaired) electrons. The molecule has 162 valence electrons. The number of rotatable bonds is 3. The number of fused-ring (bicyclic) bond motifs is 1. The number of hydrogen-bond acceptors (Lipinski definition) is 7. The van der Waals surface area contributed by atoms with Gasteiger partial charge in [0.1, 0.15) is 23.1 Å². The van der Waals surface area contributed by atoms with Gasteiger partial charge in [-0.1, -0.05) is 11.3 Å². The van der Waals surface area contributed by atoms with Crippen molar-refractivity contribution in [1.29, 1.82) is 0 Å². The molecule has 31 heavy (non-hydrogen) atoms. The Balaban J connectivity index is 1.66. The lowest BCUT2D eigenvalue weighted by atomic mass is 10.1. The summed E-state index contributed by atoms with van der Waals surface area (Å²) in [6.45, 7) is 2.27. The average molecular weight is 462 g/mol. The van der Waals surface area contributed by atoms with Crippen LogP contribution in [0.1, 0.15) is 21.5 Å². The molecule has 4 rings (SSSR count). The molecule has 2 aromatic carbocycles. The van der Waals surface area contributed by atoms with E-state index in [1.54, 1.807) is 11.1 Å². The zero-order valence-corrected chi connectivity index (χ0v) is 18.5. The molecule has 1 amide bonds. The molecule has 7 nitrogen and oxygen atoms in total. The van der Waals surface area contributed by atoms with Crippen LogP contribution < -0.4 is 10.5 Å². The number of carbonyl (C=O) groups is 1. The van der Waals surface area contributed by atoms with E-state index < -0.39 is 20.5 Å². The van der Waals surface area contributed by atoms with Crippen molar-refractivity contribution < 1.29 is 22.3 Å². The Kier molecular flexibility index (Phi) is 5.44. The van der Waals surface area contributed by atoms with E-state index in [1.165, 1.54) is 24.3 Å². The fourth-order valence-electron chi connectivity index (χ4n) is 3.49. The van der Waals surface area contributed by atoms with Crippen molar-refractivity contribution >= 4 is 32.2 Å². The van der Waals surface area contributed by atoms with Gasteiger partial charge in [0.2, 0.25) is 0 Å². The summed E-state index contributed by atoms with van der Waals surface area (Å²) in [5.74, 6) is -0.614. The number of nitrogens with two attached hydrogens (primary N) is 1. The molecule has 1 aliphatic heterocycles. The van der Waals surface area contributed by atoms with Crippen LogP contribution in [0.5, 0.6) is 5.75 Å². The lowest BCUT2D eigenvalue weighted by molar-refractivity contribution is 0.0731. The lowest BCUT2D eigenvalue weighted by Crippen LogP contribution is -2.33. The topological polar surface area (TPSA) is 103 Å². The number of sulfone groups is 1. The van der Waals surface area contributed by atoms with Gasteiger partial charge in [-0.05, 0) is 48.4 Å². The molecule has 2 N–H and O–H groups in total. The van der Waals surface area contributed by atoms with E-state index in [-0.39, 0.29) is 30.2 Å². The molecule has 2 heterocycles. The van der Waals surface area contributed by atoms with Crippen LogP contribution in [0.25, 0.3) is 10.4 Å². The van der Waals surface area contributed by atoms with Gasteiger partial charge >= 0.3 is 0 Å². The summed E-state index contributed by atoms with van der Waals surface area (Å²) < 4.78 is 44.0. The quantitative estimate of drug-likeness (QED) is 0.642. The van der Waals surface area contributed by atoms with Gasteiger partial charge in [-0.15, -0.1) is 0 Å². The van der Waals surface area contributed by atoms with E-state index >= 15 is 0 Å². The van der Waals surface area contributed by atoms with Crippen LogP contribution in [0.3, 0.4) is 0 Å². The summed E-state index contributed by atoms with van der Waals surface area (Å²) in [5, 5.41) is 0.466. The van der Waals surface area contributed by atoms with E-state index in [0.29, 0.717) is 17.4 Å². The molecule has 0 atom stereocenters. The smallest absolute Gasteiger partial charge is 0.254 e. The van der Waals surface area contributed by atoms with Gasteiger partial charge in [-0.25, -0.2) is 17.8 Å². The maximum atomic E-state index is 14.7. The second kappa shape index (κ2) is 7.93. The number of ether oxygens (including phenoxy) is 1. The Morgan fingerprint density at radius 2 is 2.06 bits per heavy atom. The third-order valence-corrected chi connectivity index (χ3v) is 7.11. The number of carbonyl (C=O) groups excluding carboxylic acids is 1. The van der Waals surface area contributed by atoms with Crippen LogP contribution in [0.4, 0.5) is 9.52 Å². The molecule has 10 heteroatoms. The largest absolute Gasteiger partial charge is 0.491 e. The molecular formula is C21H20FN3O4S2. The standard InChI is InChI=1S/C21H20FN3O4S2/c1-12-15(4-6-18(19(12)22)31(2,27)28)20(26)25-7-8-29-16-5-3-13(9-14(16)11-25)17-10-24-21(23)30-17/h3-6,9-10H,7-8,11H2,1-2H3,(H2,23,24). The van der Waals surface area contributed by atoms with Gasteiger partial charge < -0.3 is 15.4 Å². The van der Waals surface area contributed by atoms with Crippen LogP contribution in [-0.2, 0) is 16.4 Å². The number of aromatic nitrogens is 1. The van der Waals surface area contributed by atoms with Gasteiger partial charge in [-0.3, -0.25) is 4.79 Å². The second-order valence-electron chi connectivity index (χ2n) is 7.28. The van der Waals surface area contributed by atoms with Crippen LogP contribution >= 0.6 is 11.3 Å². The third-order valence-electron chi connectivity index (χ3n) is 5.12. The molecule has 0 saturated heterocycles. The number of thiazole rings is 1. The third kappa shape index (κ3) is 4.13. The monoisotopic (exact) mass is 461 g/mol. The number of hydrogen-bond donors (Lipinski definition) is 1. The van der Waals surface area contributed by atoms with Crippen LogP contribution in [0.15, 0.2) is 41.4 Å². The molecule has 0 spiro atoms. The number of anilines is 1. The summed E-state index contributed by atoms with van der Waals surface area (Å²) in [7, 11) is -3.73. The molecule has 0 unspecified atom stereocenters. The zero-order chi connectivity index (χ0) is 22.3. The summed E-state index contributed by atoms with van der Waals surface area (Å²) in [5.41, 5.74) is 7.58. The van der Waals surface area contributed by atoms with Gasteiger partial charge in [0.25, 0.3) is 5.91 Å². The van der Waals surface area contributed by atoms with E-state index in [0.717, 1.165) is 28.3 Å². The molecule has 0 fully saturated rings. The summed E-state index contributed by atoms with van der Waals surface area (Å²) >= 11 is 1.36. The predicted molar refractivity (Wildman–Crippen MR) is 116 cm³/mol. The first-order chi connectivity index (χ1) is 14.6. The number of nitrogen functional groups attached to an aromatic ring is 1. The van der Waals surface area contributed by atoms with E-state index in [2.05, 4.69) is 4.98 Å². The first-order valence-electron chi connectivity index (χ1n) is 9.41. The summed E-state index contributed by atoms with van der Waals surface area (Å²) in [6, 6.07) is 8.18. The Morgan fingerprint density at radius 3 is 2.74 bits per heavy atom. The Bertz CT molecular complexity index is 1290. The number of amides is 1. The fraction of sp³-hybridized carbons (Fsp3) is 0.238. The minimum atomic E-state index is -3.73. The van der Waals surface area contributed by atoms with Crippen LogP contribution in [-0.4, -0.2) is 43.6 Å². The first-order valence-corrected chi connectivity index (χ1v) is 12.1. The van der Waals surface area contributed by atoms with Gasteiger partial charge in [0, 0.05) is 30.1 Å². The predicted octanol–water partition coefficient (Wildman–Crippen LogP) is 3.28. The molecule has 1 aromatic heterocycles. The van der Waals surface area contributed by atoms with Gasteiger partial charge in [-0.2, -0.15) is 0 Å². The highest BCUT2D eigenvalue weighted by Crippen LogP contribution is 2.33. The average Bonchev–Trinajstić information content (AvgIpc) is 3.03.